The lowest BCUT2D eigenvalue weighted by atomic mass is 10.0. The molecule has 0 N–H and O–H groups in total. The van der Waals surface area contributed by atoms with Crippen LogP contribution in [0.1, 0.15) is 56.7 Å². The number of pyridine rings is 1. The van der Waals surface area contributed by atoms with Crippen LogP contribution in [0.3, 0.4) is 0 Å². The van der Waals surface area contributed by atoms with E-state index in [0.717, 1.165) is 16.7 Å². The summed E-state index contributed by atoms with van der Waals surface area (Å²) in [6.45, 7) is 13.3. The summed E-state index contributed by atoms with van der Waals surface area (Å²) in [6.07, 6.45) is 1.78. The van der Waals surface area contributed by atoms with Crippen molar-refractivity contribution in [1.82, 2.24) is 19.7 Å². The van der Waals surface area contributed by atoms with Gasteiger partial charge in [0.15, 0.2) is 5.65 Å². The zero-order chi connectivity index (χ0) is 17.6. The molecule has 1 unspecified atom stereocenters. The lowest BCUT2D eigenvalue weighted by Gasteiger charge is -2.41. The van der Waals surface area contributed by atoms with Gasteiger partial charge in [0.1, 0.15) is 0 Å². The third kappa shape index (κ3) is 3.02. The first-order chi connectivity index (χ1) is 11.2. The van der Waals surface area contributed by atoms with E-state index in [1.807, 2.05) is 43.3 Å². The first-order valence-electron chi connectivity index (χ1n) is 8.50. The molecule has 0 radical (unpaired) electrons. The van der Waals surface area contributed by atoms with Crippen LogP contribution in [0.25, 0.3) is 11.0 Å². The summed E-state index contributed by atoms with van der Waals surface area (Å²) < 4.78 is 7.78. The van der Waals surface area contributed by atoms with Gasteiger partial charge in [0.25, 0.3) is 5.91 Å². The third-order valence-electron chi connectivity index (χ3n) is 4.27. The van der Waals surface area contributed by atoms with Crippen molar-refractivity contribution >= 4 is 16.9 Å². The van der Waals surface area contributed by atoms with Gasteiger partial charge in [0.05, 0.1) is 28.9 Å². The topological polar surface area (TPSA) is 60.3 Å². The Balaban J connectivity index is 2.04. The molecule has 1 fully saturated rings. The third-order valence-corrected chi connectivity index (χ3v) is 4.27. The molecule has 0 bridgehead atoms. The second kappa shape index (κ2) is 5.84. The zero-order valence-corrected chi connectivity index (χ0v) is 15.3. The lowest BCUT2D eigenvalue weighted by Crippen LogP contribution is -2.53. The Bertz CT molecular complexity index is 779. The van der Waals surface area contributed by atoms with E-state index in [1.165, 1.54) is 0 Å². The van der Waals surface area contributed by atoms with E-state index in [-0.39, 0.29) is 23.7 Å². The van der Waals surface area contributed by atoms with Crippen molar-refractivity contribution < 1.29 is 9.53 Å². The van der Waals surface area contributed by atoms with Gasteiger partial charge in [-0.05, 0) is 47.6 Å². The first-order valence-corrected chi connectivity index (χ1v) is 8.50. The molecule has 0 aliphatic carbocycles. The average Bonchev–Trinajstić information content (AvgIpc) is 2.87. The molecular formula is C18H26N4O2. The van der Waals surface area contributed by atoms with Crippen LogP contribution in [-0.4, -0.2) is 50.4 Å². The number of morpholine rings is 1. The Morgan fingerprint density at radius 1 is 1.42 bits per heavy atom. The number of ether oxygens (including phenoxy) is 1. The number of carbonyl (C=O) groups excluding carboxylic acids is 1. The Morgan fingerprint density at radius 2 is 2.12 bits per heavy atom. The highest BCUT2D eigenvalue weighted by atomic mass is 16.5. The number of aryl methyl sites for hydroxylation is 1. The molecule has 2 aromatic heterocycles. The highest BCUT2D eigenvalue weighted by Crippen LogP contribution is 2.26. The molecule has 1 aliphatic heterocycles. The number of amides is 1. The predicted octanol–water partition coefficient (Wildman–Crippen LogP) is 2.96. The molecule has 3 heterocycles. The minimum atomic E-state index is -0.337. The number of hydrogen-bond donors (Lipinski definition) is 0. The molecule has 1 aliphatic rings. The van der Waals surface area contributed by atoms with E-state index in [1.54, 1.807) is 6.20 Å². The standard InChI is InChI=1S/C18H26N4O2/c1-11(2)22-16-15(8-19-22)14(7-12(3)20-16)17(23)21-9-13(4)24-18(5,6)10-21/h7-8,11,13H,9-10H2,1-6H3. The van der Waals surface area contributed by atoms with Gasteiger partial charge in [-0.25, -0.2) is 9.67 Å². The lowest BCUT2D eigenvalue weighted by molar-refractivity contribution is -0.118. The van der Waals surface area contributed by atoms with Gasteiger partial charge in [-0.2, -0.15) is 5.10 Å². The fraction of sp³-hybridized carbons (Fsp3) is 0.611. The quantitative estimate of drug-likeness (QED) is 0.849. The van der Waals surface area contributed by atoms with E-state index in [0.29, 0.717) is 18.7 Å². The molecule has 6 nitrogen and oxygen atoms in total. The maximum Gasteiger partial charge on any atom is 0.254 e. The number of rotatable bonds is 2. The molecule has 0 aromatic carbocycles. The first kappa shape index (κ1) is 16.9. The van der Waals surface area contributed by atoms with Crippen molar-refractivity contribution in [1.29, 1.82) is 0 Å². The Morgan fingerprint density at radius 3 is 2.75 bits per heavy atom. The summed E-state index contributed by atoms with van der Waals surface area (Å²) in [6, 6.07) is 2.06. The average molecular weight is 330 g/mol. The van der Waals surface area contributed by atoms with Gasteiger partial charge < -0.3 is 9.64 Å². The Hall–Kier alpha value is -1.95. The van der Waals surface area contributed by atoms with Crippen molar-refractivity contribution in [3.63, 3.8) is 0 Å². The number of aromatic nitrogens is 3. The highest BCUT2D eigenvalue weighted by molar-refractivity contribution is 6.05. The van der Waals surface area contributed by atoms with Gasteiger partial charge in [-0.3, -0.25) is 4.79 Å². The summed E-state index contributed by atoms with van der Waals surface area (Å²) in [5, 5.41) is 5.24. The SMILES string of the molecule is Cc1cc(C(=O)N2CC(C)OC(C)(C)C2)c2cnn(C(C)C)c2n1. The van der Waals surface area contributed by atoms with Crippen molar-refractivity contribution in [2.24, 2.45) is 0 Å². The molecule has 1 saturated heterocycles. The molecular weight excluding hydrogens is 304 g/mol. The van der Waals surface area contributed by atoms with Gasteiger partial charge in [0.2, 0.25) is 0 Å². The maximum atomic E-state index is 13.2. The van der Waals surface area contributed by atoms with E-state index in [4.69, 9.17) is 4.74 Å². The van der Waals surface area contributed by atoms with E-state index < -0.39 is 0 Å². The van der Waals surface area contributed by atoms with Crippen LogP contribution in [-0.2, 0) is 4.74 Å². The molecule has 1 amide bonds. The van der Waals surface area contributed by atoms with Crippen molar-refractivity contribution in [3.8, 4) is 0 Å². The summed E-state index contributed by atoms with van der Waals surface area (Å²) in [7, 11) is 0. The Kier molecular flexibility index (Phi) is 4.11. The minimum absolute atomic E-state index is 0.0227. The van der Waals surface area contributed by atoms with Gasteiger partial charge in [0, 0.05) is 24.8 Å². The fourth-order valence-electron chi connectivity index (χ4n) is 3.48. The molecule has 0 saturated carbocycles. The monoisotopic (exact) mass is 330 g/mol. The number of fused-ring (bicyclic) bond motifs is 1. The van der Waals surface area contributed by atoms with E-state index >= 15 is 0 Å². The molecule has 6 heteroatoms. The Labute approximate surface area is 142 Å². The largest absolute Gasteiger partial charge is 0.369 e. The van der Waals surface area contributed by atoms with Crippen LogP contribution >= 0.6 is 0 Å². The summed E-state index contributed by atoms with van der Waals surface area (Å²) in [4.78, 5) is 19.7. The van der Waals surface area contributed by atoms with Crippen molar-refractivity contribution in [2.45, 2.75) is 59.3 Å². The second-order valence-electron chi connectivity index (χ2n) is 7.61. The predicted molar refractivity (Wildman–Crippen MR) is 93.2 cm³/mol. The molecule has 3 rings (SSSR count). The van der Waals surface area contributed by atoms with E-state index in [9.17, 15) is 4.79 Å². The summed E-state index contributed by atoms with van der Waals surface area (Å²) in [5.74, 6) is 0.0250. The zero-order valence-electron chi connectivity index (χ0n) is 15.3. The van der Waals surface area contributed by atoms with E-state index in [2.05, 4.69) is 23.9 Å². The summed E-state index contributed by atoms with van der Waals surface area (Å²) in [5.41, 5.74) is 1.94. The molecule has 130 valence electrons. The van der Waals surface area contributed by atoms with Gasteiger partial charge in [-0.1, -0.05) is 0 Å². The highest BCUT2D eigenvalue weighted by Gasteiger charge is 2.34. The number of nitrogens with zero attached hydrogens (tertiary/aromatic N) is 4. The second-order valence-corrected chi connectivity index (χ2v) is 7.61. The van der Waals surface area contributed by atoms with Crippen LogP contribution < -0.4 is 0 Å². The number of hydrogen-bond acceptors (Lipinski definition) is 4. The summed E-state index contributed by atoms with van der Waals surface area (Å²) >= 11 is 0. The minimum Gasteiger partial charge on any atom is -0.369 e. The van der Waals surface area contributed by atoms with Crippen LogP contribution in [0.2, 0.25) is 0 Å². The van der Waals surface area contributed by atoms with Crippen LogP contribution in [0, 0.1) is 6.92 Å². The molecule has 1 atom stereocenters. The number of carbonyl (C=O) groups is 1. The van der Waals surface area contributed by atoms with Crippen LogP contribution in [0.4, 0.5) is 0 Å². The van der Waals surface area contributed by atoms with Crippen molar-refractivity contribution in [2.75, 3.05) is 13.1 Å². The smallest absolute Gasteiger partial charge is 0.254 e. The molecule has 24 heavy (non-hydrogen) atoms. The molecule has 0 spiro atoms. The van der Waals surface area contributed by atoms with Crippen LogP contribution in [0.5, 0.6) is 0 Å². The normalized spacial score (nSPS) is 20.8. The maximum absolute atomic E-state index is 13.2. The van der Waals surface area contributed by atoms with Gasteiger partial charge >= 0.3 is 0 Å². The van der Waals surface area contributed by atoms with Gasteiger partial charge in [-0.15, -0.1) is 0 Å². The molecule has 2 aromatic rings. The van der Waals surface area contributed by atoms with Crippen molar-refractivity contribution in [3.05, 3.63) is 23.5 Å². The fourth-order valence-corrected chi connectivity index (χ4v) is 3.48. The van der Waals surface area contributed by atoms with Crippen LogP contribution in [0.15, 0.2) is 12.3 Å².